The Morgan fingerprint density at radius 3 is 2.94 bits per heavy atom. The number of rotatable bonds is 7. The van der Waals surface area contributed by atoms with Crippen LogP contribution in [0.1, 0.15) is 46.0 Å². The van der Waals surface area contributed by atoms with E-state index in [9.17, 15) is 5.11 Å². The molecule has 3 atom stereocenters. The van der Waals surface area contributed by atoms with E-state index in [2.05, 4.69) is 13.8 Å². The van der Waals surface area contributed by atoms with Crippen molar-refractivity contribution < 1.29 is 5.11 Å². The summed E-state index contributed by atoms with van der Waals surface area (Å²) in [4.78, 5) is 0. The molecule has 1 fully saturated rings. The van der Waals surface area contributed by atoms with Crippen LogP contribution < -0.4 is 5.73 Å². The van der Waals surface area contributed by atoms with E-state index in [1.807, 2.05) is 11.8 Å². The van der Waals surface area contributed by atoms with Crippen LogP contribution in [0.25, 0.3) is 0 Å². The summed E-state index contributed by atoms with van der Waals surface area (Å²) in [5.74, 6) is 3.70. The molecule has 0 aromatic rings. The zero-order valence-electron chi connectivity index (χ0n) is 10.7. The van der Waals surface area contributed by atoms with Crippen LogP contribution in [0.3, 0.4) is 0 Å². The SMILES string of the molecule is CCC(C)CSCCC1CCCC1(O)CN. The van der Waals surface area contributed by atoms with Crippen molar-refractivity contribution >= 4 is 11.8 Å². The molecule has 96 valence electrons. The second-order valence-corrected chi connectivity index (χ2v) is 6.42. The van der Waals surface area contributed by atoms with Crippen LogP contribution in [0.2, 0.25) is 0 Å². The van der Waals surface area contributed by atoms with Gasteiger partial charge in [0.15, 0.2) is 0 Å². The maximum atomic E-state index is 10.3. The number of aliphatic hydroxyl groups is 1. The van der Waals surface area contributed by atoms with Crippen molar-refractivity contribution in [2.45, 2.75) is 51.6 Å². The van der Waals surface area contributed by atoms with Crippen LogP contribution in [-0.2, 0) is 0 Å². The lowest BCUT2D eigenvalue weighted by molar-refractivity contribution is 0.0103. The highest BCUT2D eigenvalue weighted by Crippen LogP contribution is 2.37. The third kappa shape index (κ3) is 3.94. The summed E-state index contributed by atoms with van der Waals surface area (Å²) in [5, 5.41) is 10.3. The molecule has 0 radical (unpaired) electrons. The van der Waals surface area contributed by atoms with E-state index in [0.29, 0.717) is 12.5 Å². The Balaban J connectivity index is 2.17. The third-order valence-electron chi connectivity index (χ3n) is 3.99. The highest BCUT2D eigenvalue weighted by atomic mass is 32.2. The molecule has 0 saturated heterocycles. The Bertz CT molecular complexity index is 200. The first kappa shape index (κ1) is 14.3. The Kier molecular flexibility index (Phi) is 6.16. The lowest BCUT2D eigenvalue weighted by atomic mass is 9.89. The van der Waals surface area contributed by atoms with E-state index in [0.717, 1.165) is 31.6 Å². The summed E-state index contributed by atoms with van der Waals surface area (Å²) in [6, 6.07) is 0. The summed E-state index contributed by atoms with van der Waals surface area (Å²) >= 11 is 2.03. The molecule has 3 N–H and O–H groups in total. The molecule has 0 bridgehead atoms. The molecule has 0 heterocycles. The fraction of sp³-hybridized carbons (Fsp3) is 1.00. The van der Waals surface area contributed by atoms with E-state index >= 15 is 0 Å². The summed E-state index contributed by atoms with van der Waals surface area (Å²) in [5.41, 5.74) is 5.13. The van der Waals surface area contributed by atoms with Crippen LogP contribution in [0.15, 0.2) is 0 Å². The second-order valence-electron chi connectivity index (χ2n) is 5.27. The summed E-state index contributed by atoms with van der Waals surface area (Å²) in [6.45, 7) is 4.99. The van der Waals surface area contributed by atoms with Gasteiger partial charge in [0.05, 0.1) is 5.60 Å². The molecule has 1 saturated carbocycles. The molecule has 1 aliphatic carbocycles. The van der Waals surface area contributed by atoms with Crippen molar-refractivity contribution in [2.75, 3.05) is 18.1 Å². The van der Waals surface area contributed by atoms with Gasteiger partial charge in [-0.1, -0.05) is 26.7 Å². The van der Waals surface area contributed by atoms with Gasteiger partial charge in [0.2, 0.25) is 0 Å². The molecule has 1 rings (SSSR count). The van der Waals surface area contributed by atoms with Gasteiger partial charge >= 0.3 is 0 Å². The predicted octanol–water partition coefficient (Wildman–Crippen LogP) is 2.65. The number of hydrogen-bond acceptors (Lipinski definition) is 3. The van der Waals surface area contributed by atoms with Gasteiger partial charge in [-0.15, -0.1) is 0 Å². The molecule has 0 amide bonds. The largest absolute Gasteiger partial charge is 0.388 e. The molecule has 0 aromatic carbocycles. The minimum Gasteiger partial charge on any atom is -0.388 e. The molecule has 0 aliphatic heterocycles. The quantitative estimate of drug-likeness (QED) is 0.678. The fourth-order valence-electron chi connectivity index (χ4n) is 2.44. The van der Waals surface area contributed by atoms with Crippen molar-refractivity contribution in [3.05, 3.63) is 0 Å². The molecule has 0 spiro atoms. The zero-order valence-corrected chi connectivity index (χ0v) is 11.6. The molecule has 3 heteroatoms. The summed E-state index contributed by atoms with van der Waals surface area (Å²) in [7, 11) is 0. The lowest BCUT2D eigenvalue weighted by Crippen LogP contribution is -2.41. The lowest BCUT2D eigenvalue weighted by Gasteiger charge is -2.28. The van der Waals surface area contributed by atoms with Gasteiger partial charge in [-0.25, -0.2) is 0 Å². The average Bonchev–Trinajstić information content (AvgIpc) is 2.67. The highest BCUT2D eigenvalue weighted by molar-refractivity contribution is 7.99. The average molecular weight is 245 g/mol. The van der Waals surface area contributed by atoms with E-state index in [4.69, 9.17) is 5.73 Å². The van der Waals surface area contributed by atoms with Crippen LogP contribution in [0, 0.1) is 11.8 Å². The predicted molar refractivity (Wildman–Crippen MR) is 72.7 cm³/mol. The van der Waals surface area contributed by atoms with Crippen LogP contribution in [0.4, 0.5) is 0 Å². The topological polar surface area (TPSA) is 46.2 Å². The Morgan fingerprint density at radius 2 is 2.31 bits per heavy atom. The standard InChI is InChI=1S/C13H27NOS/c1-3-11(2)9-16-8-6-12-5-4-7-13(12,15)10-14/h11-12,15H,3-10,14H2,1-2H3. The number of nitrogens with two attached hydrogens (primary N) is 1. The van der Waals surface area contributed by atoms with Crippen molar-refractivity contribution in [1.82, 2.24) is 0 Å². The maximum absolute atomic E-state index is 10.3. The van der Waals surface area contributed by atoms with Crippen molar-refractivity contribution in [3.8, 4) is 0 Å². The highest BCUT2D eigenvalue weighted by Gasteiger charge is 2.39. The van der Waals surface area contributed by atoms with E-state index in [1.165, 1.54) is 17.9 Å². The zero-order chi connectivity index (χ0) is 12.0. The van der Waals surface area contributed by atoms with Crippen molar-refractivity contribution in [1.29, 1.82) is 0 Å². The molecule has 0 aromatic heterocycles. The van der Waals surface area contributed by atoms with Gasteiger partial charge in [0, 0.05) is 6.54 Å². The van der Waals surface area contributed by atoms with Gasteiger partial charge in [-0.3, -0.25) is 0 Å². The Morgan fingerprint density at radius 1 is 1.56 bits per heavy atom. The van der Waals surface area contributed by atoms with E-state index in [1.54, 1.807) is 0 Å². The minimum absolute atomic E-state index is 0.438. The molecular weight excluding hydrogens is 218 g/mol. The van der Waals surface area contributed by atoms with Gasteiger partial charge in [-0.05, 0) is 42.6 Å². The maximum Gasteiger partial charge on any atom is 0.0797 e. The van der Waals surface area contributed by atoms with Crippen LogP contribution in [0.5, 0.6) is 0 Å². The van der Waals surface area contributed by atoms with E-state index < -0.39 is 5.60 Å². The number of hydrogen-bond donors (Lipinski definition) is 2. The van der Waals surface area contributed by atoms with Gasteiger partial charge in [0.1, 0.15) is 0 Å². The molecule has 16 heavy (non-hydrogen) atoms. The minimum atomic E-state index is -0.545. The Hall–Kier alpha value is 0.270. The van der Waals surface area contributed by atoms with Crippen molar-refractivity contribution in [2.24, 2.45) is 17.6 Å². The molecule has 3 unspecified atom stereocenters. The van der Waals surface area contributed by atoms with Crippen LogP contribution in [-0.4, -0.2) is 28.8 Å². The Labute approximate surface area is 104 Å². The first-order chi connectivity index (χ1) is 7.62. The monoisotopic (exact) mass is 245 g/mol. The van der Waals surface area contributed by atoms with Gasteiger partial charge in [-0.2, -0.15) is 11.8 Å². The van der Waals surface area contributed by atoms with E-state index in [-0.39, 0.29) is 0 Å². The molecular formula is C13H27NOS. The fourth-order valence-corrected chi connectivity index (χ4v) is 3.69. The third-order valence-corrected chi connectivity index (χ3v) is 5.31. The van der Waals surface area contributed by atoms with Gasteiger partial charge in [0.25, 0.3) is 0 Å². The smallest absolute Gasteiger partial charge is 0.0797 e. The van der Waals surface area contributed by atoms with Gasteiger partial charge < -0.3 is 10.8 Å². The van der Waals surface area contributed by atoms with Crippen LogP contribution >= 0.6 is 11.8 Å². The summed E-state index contributed by atoms with van der Waals surface area (Å²) < 4.78 is 0. The first-order valence-corrected chi connectivity index (χ1v) is 7.78. The molecule has 2 nitrogen and oxygen atoms in total. The first-order valence-electron chi connectivity index (χ1n) is 6.62. The number of thioether (sulfide) groups is 1. The summed E-state index contributed by atoms with van der Waals surface area (Å²) in [6.07, 6.45) is 5.62. The normalized spacial score (nSPS) is 31.9. The second kappa shape index (κ2) is 6.87. The molecule has 1 aliphatic rings. The van der Waals surface area contributed by atoms with Crippen molar-refractivity contribution in [3.63, 3.8) is 0 Å².